The minimum atomic E-state index is -1.06. The van der Waals surface area contributed by atoms with Crippen molar-refractivity contribution < 1.29 is 24.0 Å². The number of rotatable bonds is 4. The maximum atomic E-state index is 12.5. The van der Waals surface area contributed by atoms with Crippen molar-refractivity contribution in [1.82, 2.24) is 15.0 Å². The first-order valence-electron chi connectivity index (χ1n) is 8.19. The molecule has 2 aliphatic rings. The normalized spacial score (nSPS) is 20.5. The van der Waals surface area contributed by atoms with Gasteiger partial charge in [0.05, 0.1) is 13.2 Å². The van der Waals surface area contributed by atoms with Crippen molar-refractivity contribution in [1.29, 1.82) is 0 Å². The van der Waals surface area contributed by atoms with Crippen LogP contribution in [0, 0.1) is 0 Å². The SMILES string of the molecule is O=C(O)C1CN(C(=O)c2ccc(-c3nc(C4CC4)no3)cc2)CCO1. The minimum Gasteiger partial charge on any atom is -0.479 e. The highest BCUT2D eigenvalue weighted by Crippen LogP contribution is 2.38. The van der Waals surface area contributed by atoms with Gasteiger partial charge < -0.3 is 19.3 Å². The van der Waals surface area contributed by atoms with Gasteiger partial charge in [0.1, 0.15) is 0 Å². The highest BCUT2D eigenvalue weighted by atomic mass is 16.5. The average molecular weight is 343 g/mol. The van der Waals surface area contributed by atoms with Crippen molar-refractivity contribution in [2.45, 2.75) is 24.9 Å². The van der Waals surface area contributed by atoms with E-state index in [9.17, 15) is 9.59 Å². The molecule has 1 amide bonds. The number of aliphatic carboxylic acids is 1. The van der Waals surface area contributed by atoms with Gasteiger partial charge in [-0.25, -0.2) is 4.79 Å². The van der Waals surface area contributed by atoms with Gasteiger partial charge in [-0.2, -0.15) is 4.98 Å². The second-order valence-corrected chi connectivity index (χ2v) is 6.26. The second-order valence-electron chi connectivity index (χ2n) is 6.26. The van der Waals surface area contributed by atoms with E-state index in [2.05, 4.69) is 10.1 Å². The van der Waals surface area contributed by atoms with Crippen LogP contribution in [0.5, 0.6) is 0 Å². The van der Waals surface area contributed by atoms with E-state index in [1.54, 1.807) is 24.3 Å². The quantitative estimate of drug-likeness (QED) is 0.897. The third-order valence-electron chi connectivity index (χ3n) is 4.39. The smallest absolute Gasteiger partial charge is 0.334 e. The molecule has 8 heteroatoms. The molecule has 1 saturated heterocycles. The van der Waals surface area contributed by atoms with Crippen LogP contribution < -0.4 is 0 Å². The number of nitrogens with zero attached hydrogens (tertiary/aromatic N) is 3. The van der Waals surface area contributed by atoms with Gasteiger partial charge in [0.2, 0.25) is 0 Å². The Bertz CT molecular complexity index is 797. The number of hydrogen-bond acceptors (Lipinski definition) is 6. The highest BCUT2D eigenvalue weighted by Gasteiger charge is 2.30. The first-order valence-corrected chi connectivity index (χ1v) is 8.19. The summed E-state index contributed by atoms with van der Waals surface area (Å²) in [4.78, 5) is 29.4. The monoisotopic (exact) mass is 343 g/mol. The standard InChI is InChI=1S/C17H17N3O5/c21-16(20-7-8-24-13(9-20)17(22)23)12-5-3-11(4-6-12)15-18-14(19-25-15)10-1-2-10/h3-6,10,13H,1-2,7-9H2,(H,22,23). The highest BCUT2D eigenvalue weighted by molar-refractivity contribution is 5.95. The fourth-order valence-corrected chi connectivity index (χ4v) is 2.78. The number of carbonyl (C=O) groups excluding carboxylic acids is 1. The van der Waals surface area contributed by atoms with Gasteiger partial charge in [0, 0.05) is 23.6 Å². The van der Waals surface area contributed by atoms with Gasteiger partial charge in [-0.1, -0.05) is 5.16 Å². The van der Waals surface area contributed by atoms with Crippen LogP contribution in [0.2, 0.25) is 0 Å². The van der Waals surface area contributed by atoms with Crippen molar-refractivity contribution in [3.05, 3.63) is 35.7 Å². The molecule has 1 aliphatic heterocycles. The summed E-state index contributed by atoms with van der Waals surface area (Å²) in [5, 5.41) is 13.0. The molecule has 25 heavy (non-hydrogen) atoms. The molecule has 1 aromatic carbocycles. The molecule has 1 atom stereocenters. The first kappa shape index (κ1) is 15.8. The lowest BCUT2D eigenvalue weighted by Crippen LogP contribution is -2.48. The lowest BCUT2D eigenvalue weighted by molar-refractivity contribution is -0.154. The van der Waals surface area contributed by atoms with Crippen molar-refractivity contribution in [3.63, 3.8) is 0 Å². The molecule has 1 unspecified atom stereocenters. The van der Waals surface area contributed by atoms with Crippen LogP contribution in [0.15, 0.2) is 28.8 Å². The number of hydrogen-bond donors (Lipinski definition) is 1. The molecule has 8 nitrogen and oxygen atoms in total. The number of ether oxygens (including phenoxy) is 1. The zero-order valence-corrected chi connectivity index (χ0v) is 13.4. The lowest BCUT2D eigenvalue weighted by Gasteiger charge is -2.30. The second kappa shape index (κ2) is 6.29. The maximum absolute atomic E-state index is 12.5. The molecule has 1 saturated carbocycles. The Morgan fingerprint density at radius 1 is 1.20 bits per heavy atom. The van der Waals surface area contributed by atoms with Crippen molar-refractivity contribution in [3.8, 4) is 11.5 Å². The van der Waals surface area contributed by atoms with Crippen LogP contribution in [-0.2, 0) is 9.53 Å². The topological polar surface area (TPSA) is 106 Å². The maximum Gasteiger partial charge on any atom is 0.334 e. The van der Waals surface area contributed by atoms with Crippen molar-refractivity contribution >= 4 is 11.9 Å². The fraction of sp³-hybridized carbons (Fsp3) is 0.412. The Labute approximate surface area is 143 Å². The molecule has 4 rings (SSSR count). The number of benzene rings is 1. The summed E-state index contributed by atoms with van der Waals surface area (Å²) in [6.45, 7) is 0.635. The Morgan fingerprint density at radius 3 is 2.64 bits per heavy atom. The Kier molecular flexibility index (Phi) is 3.96. The Morgan fingerprint density at radius 2 is 1.96 bits per heavy atom. The number of aromatic nitrogens is 2. The Hall–Kier alpha value is -2.74. The van der Waals surface area contributed by atoms with E-state index in [1.165, 1.54) is 4.90 Å². The van der Waals surface area contributed by atoms with Gasteiger partial charge in [-0.3, -0.25) is 4.79 Å². The van der Waals surface area contributed by atoms with Gasteiger partial charge in [-0.05, 0) is 37.1 Å². The van der Waals surface area contributed by atoms with E-state index in [1.807, 2.05) is 0 Å². The van der Waals surface area contributed by atoms with E-state index >= 15 is 0 Å². The molecule has 2 heterocycles. The summed E-state index contributed by atoms with van der Waals surface area (Å²) >= 11 is 0. The van der Waals surface area contributed by atoms with Gasteiger partial charge in [-0.15, -0.1) is 0 Å². The predicted molar refractivity (Wildman–Crippen MR) is 85.0 cm³/mol. The van der Waals surface area contributed by atoms with E-state index in [-0.39, 0.29) is 19.1 Å². The molecular formula is C17H17N3O5. The lowest BCUT2D eigenvalue weighted by atomic mass is 10.1. The summed E-state index contributed by atoms with van der Waals surface area (Å²) in [5.74, 6) is 0.323. The zero-order valence-electron chi connectivity index (χ0n) is 13.4. The molecule has 130 valence electrons. The molecule has 1 aliphatic carbocycles. The van der Waals surface area contributed by atoms with E-state index in [4.69, 9.17) is 14.4 Å². The third kappa shape index (κ3) is 3.25. The molecule has 2 aromatic rings. The number of carbonyl (C=O) groups is 2. The van der Waals surface area contributed by atoms with Crippen molar-refractivity contribution in [2.75, 3.05) is 19.7 Å². The zero-order chi connectivity index (χ0) is 17.4. The Balaban J connectivity index is 1.47. The number of morpholine rings is 1. The number of carboxylic acid groups (broad SMARTS) is 1. The summed E-state index contributed by atoms with van der Waals surface area (Å²) in [6, 6.07) is 6.88. The van der Waals surface area contributed by atoms with Crippen LogP contribution in [-0.4, -0.2) is 57.8 Å². The molecule has 0 bridgehead atoms. The van der Waals surface area contributed by atoms with Crippen LogP contribution in [0.3, 0.4) is 0 Å². The van der Waals surface area contributed by atoms with Gasteiger partial charge in [0.25, 0.3) is 11.8 Å². The van der Waals surface area contributed by atoms with Crippen LogP contribution in [0.25, 0.3) is 11.5 Å². The summed E-state index contributed by atoms with van der Waals surface area (Å²) in [6.07, 6.45) is 1.23. The molecule has 1 N–H and O–H groups in total. The van der Waals surface area contributed by atoms with Crippen LogP contribution >= 0.6 is 0 Å². The number of carboxylic acids is 1. The van der Waals surface area contributed by atoms with Gasteiger partial charge in [0.15, 0.2) is 11.9 Å². The summed E-state index contributed by atoms with van der Waals surface area (Å²) < 4.78 is 10.4. The van der Waals surface area contributed by atoms with Gasteiger partial charge >= 0.3 is 5.97 Å². The van der Waals surface area contributed by atoms with Crippen LogP contribution in [0.1, 0.15) is 34.9 Å². The molecule has 1 aromatic heterocycles. The molecule has 2 fully saturated rings. The van der Waals surface area contributed by atoms with E-state index in [0.717, 1.165) is 24.2 Å². The fourth-order valence-electron chi connectivity index (χ4n) is 2.78. The summed E-state index contributed by atoms with van der Waals surface area (Å²) in [7, 11) is 0. The first-order chi connectivity index (χ1) is 12.1. The van der Waals surface area contributed by atoms with Crippen LogP contribution in [0.4, 0.5) is 0 Å². The minimum absolute atomic E-state index is 0.0460. The molecule has 0 spiro atoms. The summed E-state index contributed by atoms with van der Waals surface area (Å²) in [5.41, 5.74) is 1.23. The average Bonchev–Trinajstić information content (AvgIpc) is 3.38. The largest absolute Gasteiger partial charge is 0.479 e. The molecular weight excluding hydrogens is 326 g/mol. The van der Waals surface area contributed by atoms with E-state index in [0.29, 0.717) is 23.9 Å². The predicted octanol–water partition coefficient (Wildman–Crippen LogP) is 1.54. The third-order valence-corrected chi connectivity index (χ3v) is 4.39. The molecule has 0 radical (unpaired) electrons. The van der Waals surface area contributed by atoms with E-state index < -0.39 is 12.1 Å². The van der Waals surface area contributed by atoms with Crippen molar-refractivity contribution in [2.24, 2.45) is 0 Å². The number of amides is 1.